The first-order valence-electron chi connectivity index (χ1n) is 19.7. The van der Waals surface area contributed by atoms with Crippen LogP contribution in [0.3, 0.4) is 0 Å². The van der Waals surface area contributed by atoms with Crippen LogP contribution in [0.15, 0.2) is 215 Å². The lowest BCUT2D eigenvalue weighted by molar-refractivity contribution is 0.668. The summed E-state index contributed by atoms with van der Waals surface area (Å²) < 4.78 is 12.6. The first kappa shape index (κ1) is 32.4. The van der Waals surface area contributed by atoms with E-state index in [-0.39, 0.29) is 0 Å². The summed E-state index contributed by atoms with van der Waals surface area (Å²) in [4.78, 5) is 4.79. The van der Waals surface area contributed by atoms with Gasteiger partial charge in [0.1, 0.15) is 22.3 Å². The minimum absolute atomic E-state index is 0.874. The molecule has 2 aromatic heterocycles. The van der Waals surface area contributed by atoms with E-state index in [9.17, 15) is 0 Å². The number of fused-ring (bicyclic) bond motifs is 11. The zero-order valence-corrected chi connectivity index (χ0v) is 31.3. The van der Waals surface area contributed by atoms with Crippen LogP contribution in [0.25, 0.3) is 76.2 Å². The smallest absolute Gasteiger partial charge is 0.135 e. The Bertz CT molecular complexity index is 3530. The highest BCUT2D eigenvalue weighted by Gasteiger charge is 2.23. The molecule has 4 nitrogen and oxygen atoms in total. The molecule has 0 saturated carbocycles. The standard InChI is InChI=1S/C54H34N2O2/c1-3-15-36(16-4-1)55(38-26-30-52-46(33-38)42-20-9-11-24-50(42)57-52)48-23-13-22-44-41(48)28-29-45-40-19-8-7-14-35(40)32-49(54(44)45)56(37-17-5-2-6-18-37)39-27-31-53-47(34-39)43-21-10-12-25-51(43)58-53/h1-34H. The van der Waals surface area contributed by atoms with Crippen LogP contribution in [0.2, 0.25) is 0 Å². The minimum atomic E-state index is 0.874. The van der Waals surface area contributed by atoms with Gasteiger partial charge >= 0.3 is 0 Å². The Labute approximate surface area is 334 Å². The predicted octanol–water partition coefficient (Wildman–Crippen LogP) is 15.9. The highest BCUT2D eigenvalue weighted by molar-refractivity contribution is 6.25. The zero-order chi connectivity index (χ0) is 38.2. The van der Waals surface area contributed by atoms with Gasteiger partial charge in [-0.25, -0.2) is 0 Å². The number of benzene rings is 10. The molecule has 272 valence electrons. The van der Waals surface area contributed by atoms with Gasteiger partial charge in [0.25, 0.3) is 0 Å². The molecule has 10 aromatic carbocycles. The van der Waals surface area contributed by atoms with Crippen molar-refractivity contribution in [3.05, 3.63) is 206 Å². The third-order valence-electron chi connectivity index (χ3n) is 11.6. The quantitative estimate of drug-likeness (QED) is 0.159. The Morgan fingerprint density at radius 3 is 1.34 bits per heavy atom. The molecule has 0 spiro atoms. The van der Waals surface area contributed by atoms with Crippen molar-refractivity contribution < 1.29 is 8.83 Å². The maximum atomic E-state index is 6.30. The Morgan fingerprint density at radius 1 is 0.259 bits per heavy atom. The molecule has 0 atom stereocenters. The average Bonchev–Trinajstić information content (AvgIpc) is 3.85. The van der Waals surface area contributed by atoms with Crippen LogP contribution < -0.4 is 9.80 Å². The summed E-state index contributed by atoms with van der Waals surface area (Å²) >= 11 is 0. The Kier molecular flexibility index (Phi) is 7.20. The molecule has 0 fully saturated rings. The first-order chi connectivity index (χ1) is 28.8. The van der Waals surface area contributed by atoms with E-state index in [1.165, 1.54) is 26.9 Å². The molecule has 0 N–H and O–H groups in total. The van der Waals surface area contributed by atoms with Crippen molar-refractivity contribution in [2.45, 2.75) is 0 Å². The Hall–Kier alpha value is -7.82. The van der Waals surface area contributed by atoms with Gasteiger partial charge in [0.05, 0.1) is 11.4 Å². The molecular formula is C54H34N2O2. The van der Waals surface area contributed by atoms with E-state index in [1.54, 1.807) is 0 Å². The van der Waals surface area contributed by atoms with E-state index in [1.807, 2.05) is 24.3 Å². The van der Waals surface area contributed by atoms with Crippen molar-refractivity contribution in [3.8, 4) is 0 Å². The second-order valence-corrected chi connectivity index (χ2v) is 14.9. The monoisotopic (exact) mass is 742 g/mol. The number of rotatable bonds is 6. The van der Waals surface area contributed by atoms with E-state index in [0.29, 0.717) is 0 Å². The van der Waals surface area contributed by atoms with E-state index < -0.39 is 0 Å². The van der Waals surface area contributed by atoms with Gasteiger partial charge in [-0.1, -0.05) is 121 Å². The summed E-state index contributed by atoms with van der Waals surface area (Å²) in [7, 11) is 0. The molecule has 4 heteroatoms. The minimum Gasteiger partial charge on any atom is -0.456 e. The van der Waals surface area contributed by atoms with E-state index in [4.69, 9.17) is 8.83 Å². The normalized spacial score (nSPS) is 11.8. The molecule has 12 rings (SSSR count). The second-order valence-electron chi connectivity index (χ2n) is 14.9. The number of para-hydroxylation sites is 4. The number of nitrogens with zero attached hydrogens (tertiary/aromatic N) is 2. The van der Waals surface area contributed by atoms with Crippen LogP contribution in [0, 0.1) is 0 Å². The largest absolute Gasteiger partial charge is 0.456 e. The van der Waals surface area contributed by atoms with Crippen LogP contribution in [-0.4, -0.2) is 0 Å². The number of hydrogen-bond donors (Lipinski definition) is 0. The van der Waals surface area contributed by atoms with Gasteiger partial charge in [-0.2, -0.15) is 0 Å². The van der Waals surface area contributed by atoms with Gasteiger partial charge < -0.3 is 18.6 Å². The van der Waals surface area contributed by atoms with Gasteiger partial charge in [-0.3, -0.25) is 0 Å². The predicted molar refractivity (Wildman–Crippen MR) is 243 cm³/mol. The van der Waals surface area contributed by atoms with Gasteiger partial charge in [0, 0.05) is 55.1 Å². The maximum Gasteiger partial charge on any atom is 0.135 e. The van der Waals surface area contributed by atoms with Crippen LogP contribution >= 0.6 is 0 Å². The van der Waals surface area contributed by atoms with Crippen molar-refractivity contribution in [1.82, 2.24) is 0 Å². The molecule has 0 radical (unpaired) electrons. The summed E-state index contributed by atoms with van der Waals surface area (Å²) in [6.07, 6.45) is 0. The van der Waals surface area contributed by atoms with Crippen LogP contribution in [0.1, 0.15) is 0 Å². The molecular weight excluding hydrogens is 709 g/mol. The fourth-order valence-electron chi connectivity index (χ4n) is 9.02. The topological polar surface area (TPSA) is 32.8 Å². The van der Waals surface area contributed by atoms with Crippen molar-refractivity contribution in [3.63, 3.8) is 0 Å². The summed E-state index contributed by atoms with van der Waals surface area (Å²) in [5, 5.41) is 11.5. The highest BCUT2D eigenvalue weighted by atomic mass is 16.3. The molecule has 0 unspecified atom stereocenters. The van der Waals surface area contributed by atoms with Gasteiger partial charge in [0.2, 0.25) is 0 Å². The number of furan rings is 2. The zero-order valence-electron chi connectivity index (χ0n) is 31.3. The van der Waals surface area contributed by atoms with Crippen molar-refractivity contribution in [1.29, 1.82) is 0 Å². The molecule has 0 aliphatic rings. The fourth-order valence-corrected chi connectivity index (χ4v) is 9.02. The van der Waals surface area contributed by atoms with Crippen LogP contribution in [-0.2, 0) is 0 Å². The molecule has 58 heavy (non-hydrogen) atoms. The molecule has 12 aromatic rings. The Balaban J connectivity index is 1.15. The number of hydrogen-bond acceptors (Lipinski definition) is 4. The SMILES string of the molecule is c1ccc(N(c2ccc3oc4ccccc4c3c2)c2cccc3c2ccc2c4ccccc4cc(N(c4ccccc4)c4ccc5oc6ccccc6c5c4)c32)cc1. The summed E-state index contributed by atoms with van der Waals surface area (Å²) in [5.41, 5.74) is 9.99. The first-order valence-corrected chi connectivity index (χ1v) is 19.7. The van der Waals surface area contributed by atoms with Crippen molar-refractivity contribution in [2.75, 3.05) is 9.80 Å². The van der Waals surface area contributed by atoms with Crippen molar-refractivity contribution >= 4 is 110 Å². The molecule has 0 bridgehead atoms. The molecule has 0 amide bonds. The van der Waals surface area contributed by atoms with Gasteiger partial charge in [-0.05, 0) is 106 Å². The van der Waals surface area contributed by atoms with E-state index in [0.717, 1.165) is 83.4 Å². The third-order valence-corrected chi connectivity index (χ3v) is 11.6. The number of anilines is 6. The lowest BCUT2D eigenvalue weighted by Gasteiger charge is -2.29. The van der Waals surface area contributed by atoms with E-state index >= 15 is 0 Å². The highest BCUT2D eigenvalue weighted by Crippen LogP contribution is 2.48. The van der Waals surface area contributed by atoms with Gasteiger partial charge in [-0.15, -0.1) is 0 Å². The summed E-state index contributed by atoms with van der Waals surface area (Å²) in [6.45, 7) is 0. The molecule has 0 aliphatic heterocycles. The lowest BCUT2D eigenvalue weighted by atomic mass is 9.93. The van der Waals surface area contributed by atoms with Gasteiger partial charge in [0.15, 0.2) is 0 Å². The van der Waals surface area contributed by atoms with Crippen molar-refractivity contribution in [2.24, 2.45) is 0 Å². The average molecular weight is 743 g/mol. The maximum absolute atomic E-state index is 6.30. The van der Waals surface area contributed by atoms with Crippen LogP contribution in [0.5, 0.6) is 0 Å². The summed E-state index contributed by atoms with van der Waals surface area (Å²) in [6, 6.07) is 73.5. The second kappa shape index (κ2) is 12.9. The summed E-state index contributed by atoms with van der Waals surface area (Å²) in [5.74, 6) is 0. The third kappa shape index (κ3) is 5.02. The molecule has 0 saturated heterocycles. The molecule has 0 aliphatic carbocycles. The Morgan fingerprint density at radius 2 is 0.724 bits per heavy atom. The lowest BCUT2D eigenvalue weighted by Crippen LogP contribution is -2.11. The molecule has 2 heterocycles. The fraction of sp³-hybridized carbons (Fsp3) is 0. The van der Waals surface area contributed by atoms with E-state index in [2.05, 4.69) is 192 Å². The van der Waals surface area contributed by atoms with Crippen LogP contribution in [0.4, 0.5) is 34.1 Å².